The van der Waals surface area contributed by atoms with Crippen LogP contribution in [0.3, 0.4) is 0 Å². The number of benzene rings is 11. The molecule has 0 amide bonds. The summed E-state index contributed by atoms with van der Waals surface area (Å²) in [7, 11) is 0. The van der Waals surface area contributed by atoms with E-state index in [0.717, 1.165) is 61.4 Å². The second kappa shape index (κ2) is 15.6. The van der Waals surface area contributed by atoms with Crippen LogP contribution in [0, 0.1) is 0 Å². The number of fused-ring (bicyclic) bond motifs is 10. The Morgan fingerprint density at radius 2 is 0.662 bits per heavy atom. The maximum atomic E-state index is 9.44. The van der Waals surface area contributed by atoms with Gasteiger partial charge in [0.1, 0.15) is 0 Å². The molecule has 4 heterocycles. The van der Waals surface area contributed by atoms with Crippen molar-refractivity contribution >= 4 is 101 Å². The van der Waals surface area contributed by atoms with E-state index in [0.29, 0.717) is 22.7 Å². The summed E-state index contributed by atoms with van der Waals surface area (Å²) in [5.74, 6) is 0. The van der Waals surface area contributed by atoms with Crippen molar-refractivity contribution in [3.05, 3.63) is 260 Å². The average molecular weight is 919 g/mol. The van der Waals surface area contributed by atoms with Gasteiger partial charge < -0.3 is 18.9 Å². The van der Waals surface area contributed by atoms with Crippen molar-refractivity contribution in [1.82, 2.24) is 9.13 Å². The molecule has 0 atom stereocenters. The summed E-state index contributed by atoms with van der Waals surface area (Å²) in [5, 5.41) is -0.206. The Kier molecular flexibility index (Phi) is 5.94. The van der Waals surface area contributed by atoms with Crippen molar-refractivity contribution in [3.63, 3.8) is 0 Å². The summed E-state index contributed by atoms with van der Waals surface area (Å²) in [4.78, 5) is 4.35. The van der Waals surface area contributed by atoms with E-state index in [-0.39, 0.29) is 43.6 Å². The lowest BCUT2D eigenvalue weighted by Gasteiger charge is -2.45. The molecule has 4 nitrogen and oxygen atoms in total. The van der Waals surface area contributed by atoms with Gasteiger partial charge in [-0.25, -0.2) is 0 Å². The predicted molar refractivity (Wildman–Crippen MR) is 300 cm³/mol. The molecule has 0 aliphatic carbocycles. The molecular formula is C66H43BN4. The van der Waals surface area contributed by atoms with Gasteiger partial charge >= 0.3 is 0 Å². The highest BCUT2D eigenvalue weighted by Gasteiger charge is 2.44. The fourth-order valence-electron chi connectivity index (χ4n) is 11.1. The number of para-hydroxylation sites is 6. The van der Waals surface area contributed by atoms with Gasteiger partial charge in [-0.2, -0.15) is 0 Å². The van der Waals surface area contributed by atoms with Gasteiger partial charge in [0.15, 0.2) is 0 Å². The molecule has 2 aliphatic rings. The van der Waals surface area contributed by atoms with Crippen LogP contribution in [0.25, 0.3) is 77.2 Å². The molecule has 11 aromatic carbocycles. The number of hydrogen-bond acceptors (Lipinski definition) is 2. The Labute approximate surface area is 434 Å². The minimum atomic E-state index is -0.606. The summed E-state index contributed by atoms with van der Waals surface area (Å²) >= 11 is 0. The van der Waals surface area contributed by atoms with Gasteiger partial charge in [0.2, 0.25) is 0 Å². The Morgan fingerprint density at radius 3 is 1.07 bits per heavy atom. The number of nitrogens with zero attached hydrogens (tertiary/aromatic N) is 4. The van der Waals surface area contributed by atoms with Crippen LogP contribution in [-0.2, 0) is 0 Å². The summed E-state index contributed by atoms with van der Waals surface area (Å²) in [5.41, 5.74) is 11.0. The first kappa shape index (κ1) is 27.0. The molecule has 330 valence electrons. The van der Waals surface area contributed by atoms with Crippen molar-refractivity contribution in [2.75, 3.05) is 9.80 Å². The van der Waals surface area contributed by atoms with Gasteiger partial charge in [-0.3, -0.25) is 0 Å². The Hall–Kier alpha value is -9.32. The lowest BCUT2D eigenvalue weighted by molar-refractivity contribution is 1.17. The van der Waals surface area contributed by atoms with Gasteiger partial charge in [0.05, 0.1) is 55.4 Å². The summed E-state index contributed by atoms with van der Waals surface area (Å²) in [6.07, 6.45) is 0. The smallest absolute Gasteiger partial charge is 0.252 e. The Morgan fingerprint density at radius 1 is 0.310 bits per heavy atom. The van der Waals surface area contributed by atoms with E-state index in [1.165, 1.54) is 9.13 Å². The van der Waals surface area contributed by atoms with Gasteiger partial charge in [0.25, 0.3) is 6.71 Å². The van der Waals surface area contributed by atoms with E-state index < -0.39 is 103 Å². The van der Waals surface area contributed by atoms with E-state index in [9.17, 15) is 11.0 Å². The Balaban J connectivity index is 1.08. The number of rotatable bonds is 6. The van der Waals surface area contributed by atoms with E-state index in [1.807, 2.05) is 140 Å². The molecule has 0 bridgehead atoms. The fourth-order valence-corrected chi connectivity index (χ4v) is 11.1. The van der Waals surface area contributed by atoms with Crippen LogP contribution < -0.4 is 26.2 Å². The molecule has 0 saturated heterocycles. The normalized spacial score (nSPS) is 15.9. The highest BCUT2D eigenvalue weighted by atomic mass is 15.2. The molecule has 0 spiro atoms. The number of anilines is 6. The number of aromatic nitrogens is 2. The molecular weight excluding hydrogens is 860 g/mol. The number of hydrogen-bond donors (Lipinski definition) is 0. The zero-order valence-corrected chi connectivity index (χ0v) is 37.5. The summed E-state index contributed by atoms with van der Waals surface area (Å²) in [6.45, 7) is -0.606. The first-order valence-corrected chi connectivity index (χ1v) is 23.2. The van der Waals surface area contributed by atoms with Gasteiger partial charge in [-0.05, 0) is 100 Å². The van der Waals surface area contributed by atoms with Gasteiger partial charge in [0, 0.05) is 66.8 Å². The molecule has 0 saturated carbocycles. The molecule has 0 N–H and O–H groups in total. The van der Waals surface area contributed by atoms with E-state index in [4.69, 9.17) is 11.0 Å². The van der Waals surface area contributed by atoms with Crippen LogP contribution >= 0.6 is 0 Å². The molecule has 2 aliphatic heterocycles. The van der Waals surface area contributed by atoms with Crippen LogP contribution in [0.1, 0.15) is 21.9 Å². The monoisotopic (exact) mass is 918 g/mol. The zero-order valence-electron chi connectivity index (χ0n) is 53.5. The molecule has 15 rings (SSSR count). The zero-order chi connectivity index (χ0) is 60.5. The van der Waals surface area contributed by atoms with Gasteiger partial charge in [-0.1, -0.05) is 188 Å². The maximum absolute atomic E-state index is 9.44. The third kappa shape index (κ3) is 5.87. The molecule has 13 aromatic rings. The second-order valence-corrected chi connectivity index (χ2v) is 17.6. The maximum Gasteiger partial charge on any atom is 0.252 e. The molecule has 0 unspecified atom stereocenters. The molecule has 5 heteroatoms. The van der Waals surface area contributed by atoms with Crippen molar-refractivity contribution < 1.29 is 21.9 Å². The van der Waals surface area contributed by atoms with E-state index in [1.54, 1.807) is 12.1 Å². The highest BCUT2D eigenvalue weighted by Crippen LogP contribution is 2.49. The van der Waals surface area contributed by atoms with Crippen LogP contribution in [-0.4, -0.2) is 15.8 Å². The van der Waals surface area contributed by atoms with Crippen LogP contribution in [0.15, 0.2) is 260 Å². The first-order valence-electron chi connectivity index (χ1n) is 31.2. The van der Waals surface area contributed by atoms with Crippen LogP contribution in [0.5, 0.6) is 0 Å². The first-order chi connectivity index (χ1) is 41.9. The van der Waals surface area contributed by atoms with Crippen molar-refractivity contribution in [3.8, 4) is 33.6 Å². The van der Waals surface area contributed by atoms with E-state index in [2.05, 4.69) is 21.9 Å². The standard InChI is InChI=1S/C66H43BN4/c1-3-20-44(21-4-1)48-24-7-13-30-56(48)70-62-36-19-37-63-66(62)67(54-40-38-46(42-64(54)70)68-58-32-15-9-26-50(58)51-27-10-16-33-59(51)68)55-41-39-47(69-60-34-17-11-28-52(60)53-29-12-18-35-61(53)69)43-65(55)71(63)57-31-14-8-25-49(57)45-22-5-2-6-23-45/h1-43H/i9D,10D,11D,12D,15D,16D,17D,18D,26D,27D,28D,29D,32D,33D,34D,35D. The predicted octanol–water partition coefficient (Wildman–Crippen LogP) is 15.3. The van der Waals surface area contributed by atoms with Crippen molar-refractivity contribution in [2.45, 2.75) is 0 Å². The van der Waals surface area contributed by atoms with Crippen molar-refractivity contribution in [2.24, 2.45) is 0 Å². The fraction of sp³-hybridized carbons (Fsp3) is 0. The SMILES string of the molecule is [2H]c1c([2H])c([2H])c2c(c1[2H])c1c([2H])c([2H])c([2H])c([2H])c1n2-c1ccc2c(c1)N(c1ccccc1-c1ccccc1)c1cccc3c1B2c1ccc(-n2c4c([2H])c([2H])c([2H])c([2H])c4c4c([2H])c([2H])c([2H])c([2H])c42)cc1N3c1ccccc1-c1ccccc1. The minimum absolute atomic E-state index is 0.0271. The third-order valence-electron chi connectivity index (χ3n) is 14.0. The molecule has 2 aromatic heterocycles. The largest absolute Gasteiger partial charge is 0.311 e. The molecule has 71 heavy (non-hydrogen) atoms. The van der Waals surface area contributed by atoms with Gasteiger partial charge in [-0.15, -0.1) is 0 Å². The minimum Gasteiger partial charge on any atom is -0.311 e. The lowest BCUT2D eigenvalue weighted by Crippen LogP contribution is -2.61. The van der Waals surface area contributed by atoms with E-state index >= 15 is 0 Å². The van der Waals surface area contributed by atoms with Crippen LogP contribution in [0.4, 0.5) is 34.1 Å². The van der Waals surface area contributed by atoms with Crippen LogP contribution in [0.2, 0.25) is 0 Å². The topological polar surface area (TPSA) is 16.3 Å². The summed E-state index contributed by atoms with van der Waals surface area (Å²) in [6, 6.07) is 45.5. The quantitative estimate of drug-likeness (QED) is 0.155. The second-order valence-electron chi connectivity index (χ2n) is 17.6. The lowest BCUT2D eigenvalue weighted by atomic mass is 9.33. The average Bonchev–Trinajstić information content (AvgIpc) is 1.69. The van der Waals surface area contributed by atoms with Crippen molar-refractivity contribution in [1.29, 1.82) is 0 Å². The Bertz CT molecular complexity index is 4750. The summed E-state index contributed by atoms with van der Waals surface area (Å²) < 4.78 is 148. The molecule has 0 radical (unpaired) electrons. The third-order valence-corrected chi connectivity index (χ3v) is 14.0. The highest BCUT2D eigenvalue weighted by molar-refractivity contribution is 7.00. The molecule has 0 fully saturated rings.